The van der Waals surface area contributed by atoms with Gasteiger partial charge < -0.3 is 21.4 Å². The summed E-state index contributed by atoms with van der Waals surface area (Å²) in [7, 11) is 0. The first kappa shape index (κ1) is 22.0. The van der Waals surface area contributed by atoms with E-state index in [2.05, 4.69) is 38.1 Å². The maximum atomic E-state index is 12.4. The molecule has 5 N–H and O–H groups in total. The molecule has 0 aliphatic heterocycles. The Kier molecular flexibility index (Phi) is 6.45. The molecule has 0 fully saturated rings. The number of benzene rings is 2. The van der Waals surface area contributed by atoms with Gasteiger partial charge in [-0.1, -0.05) is 12.1 Å². The number of non-ortho nitro benzene ring substituents is 2. The van der Waals surface area contributed by atoms with Crippen LogP contribution < -0.4 is 21.9 Å². The second kappa shape index (κ2) is 9.40. The van der Waals surface area contributed by atoms with Crippen molar-refractivity contribution in [2.45, 2.75) is 0 Å². The van der Waals surface area contributed by atoms with Gasteiger partial charge in [0.25, 0.3) is 16.9 Å². The van der Waals surface area contributed by atoms with Crippen molar-refractivity contribution >= 4 is 57.3 Å². The SMILES string of the molecule is NC(=S)N=Nc1cc(Nc2cccc([N+](=O)[O-])c2)c(Nc2cccc([N+](=O)[O-])c2)[nH]c1=O. The Balaban J connectivity index is 2.06. The van der Waals surface area contributed by atoms with Crippen LogP contribution in [0.1, 0.15) is 0 Å². The van der Waals surface area contributed by atoms with E-state index in [0.717, 1.165) is 0 Å². The highest BCUT2D eigenvalue weighted by molar-refractivity contribution is 7.80. The van der Waals surface area contributed by atoms with Crippen LogP contribution in [0, 0.1) is 20.2 Å². The maximum Gasteiger partial charge on any atom is 0.277 e. The zero-order valence-electron chi connectivity index (χ0n) is 16.0. The Labute approximate surface area is 184 Å². The molecule has 1 aromatic heterocycles. The number of hydrogen-bond donors (Lipinski definition) is 4. The Hall–Kier alpha value is -4.72. The summed E-state index contributed by atoms with van der Waals surface area (Å²) in [6, 6.07) is 12.6. The van der Waals surface area contributed by atoms with Crippen LogP contribution in [-0.4, -0.2) is 19.9 Å². The summed E-state index contributed by atoms with van der Waals surface area (Å²) in [4.78, 5) is 35.9. The molecule has 3 aromatic rings. The fraction of sp³-hybridized carbons (Fsp3) is 0. The minimum absolute atomic E-state index is 0.122. The highest BCUT2D eigenvalue weighted by atomic mass is 32.1. The quantitative estimate of drug-likeness (QED) is 0.176. The molecule has 0 aliphatic carbocycles. The van der Waals surface area contributed by atoms with Gasteiger partial charge in [0.2, 0.25) is 5.11 Å². The summed E-state index contributed by atoms with van der Waals surface area (Å²) in [6.07, 6.45) is 0. The molecule has 0 saturated carbocycles. The number of rotatable bonds is 7. The number of H-pyrrole nitrogens is 1. The molecule has 0 radical (unpaired) electrons. The molecule has 32 heavy (non-hydrogen) atoms. The van der Waals surface area contributed by atoms with E-state index < -0.39 is 15.4 Å². The highest BCUT2D eigenvalue weighted by Crippen LogP contribution is 2.30. The van der Waals surface area contributed by atoms with Crippen LogP contribution in [0.5, 0.6) is 0 Å². The molecule has 14 heteroatoms. The number of nitrogens with zero attached hydrogens (tertiary/aromatic N) is 4. The van der Waals surface area contributed by atoms with Crippen molar-refractivity contribution in [2.75, 3.05) is 10.6 Å². The number of aromatic amines is 1. The monoisotopic (exact) mass is 454 g/mol. The minimum atomic E-state index is -0.650. The zero-order chi connectivity index (χ0) is 23.3. The van der Waals surface area contributed by atoms with E-state index in [1.807, 2.05) is 0 Å². The third-order valence-electron chi connectivity index (χ3n) is 3.94. The third-order valence-corrected chi connectivity index (χ3v) is 4.02. The first-order valence-corrected chi connectivity index (χ1v) is 9.15. The van der Waals surface area contributed by atoms with Crippen molar-refractivity contribution in [1.82, 2.24) is 4.98 Å². The molecule has 0 aliphatic rings. The highest BCUT2D eigenvalue weighted by Gasteiger charge is 2.13. The van der Waals surface area contributed by atoms with E-state index in [1.54, 1.807) is 12.1 Å². The zero-order valence-corrected chi connectivity index (χ0v) is 16.8. The predicted molar refractivity (Wildman–Crippen MR) is 121 cm³/mol. The van der Waals surface area contributed by atoms with Crippen molar-refractivity contribution in [3.8, 4) is 0 Å². The van der Waals surface area contributed by atoms with Gasteiger partial charge in [-0.05, 0) is 30.4 Å². The number of nitrogens with two attached hydrogens (primary N) is 1. The lowest BCUT2D eigenvalue weighted by Crippen LogP contribution is -2.11. The molecule has 0 saturated heterocycles. The lowest BCUT2D eigenvalue weighted by Gasteiger charge is -2.14. The third kappa shape index (κ3) is 5.45. The van der Waals surface area contributed by atoms with E-state index >= 15 is 0 Å². The normalized spacial score (nSPS) is 10.6. The number of nitro benzene ring substituents is 2. The predicted octanol–water partition coefficient (Wildman–Crippen LogP) is 4.01. The van der Waals surface area contributed by atoms with E-state index in [-0.39, 0.29) is 33.7 Å². The fourth-order valence-electron chi connectivity index (χ4n) is 2.59. The van der Waals surface area contributed by atoms with Crippen molar-refractivity contribution in [2.24, 2.45) is 16.0 Å². The molecule has 2 aromatic carbocycles. The maximum absolute atomic E-state index is 12.4. The molecule has 0 bridgehead atoms. The van der Waals surface area contributed by atoms with Gasteiger partial charge in [-0.25, -0.2) is 0 Å². The lowest BCUT2D eigenvalue weighted by molar-refractivity contribution is -0.385. The van der Waals surface area contributed by atoms with Gasteiger partial charge in [0.15, 0.2) is 5.69 Å². The first-order chi connectivity index (χ1) is 15.2. The van der Waals surface area contributed by atoms with Crippen LogP contribution >= 0.6 is 12.2 Å². The van der Waals surface area contributed by atoms with E-state index in [0.29, 0.717) is 11.4 Å². The number of hydrogen-bond acceptors (Lipinski definition) is 9. The summed E-state index contributed by atoms with van der Waals surface area (Å²) in [5.74, 6) is 0.122. The van der Waals surface area contributed by atoms with E-state index in [9.17, 15) is 25.0 Å². The molecule has 0 atom stereocenters. The Morgan fingerprint density at radius 3 is 2.06 bits per heavy atom. The molecule has 0 unspecified atom stereocenters. The number of pyridine rings is 1. The summed E-state index contributed by atoms with van der Waals surface area (Å²) in [6.45, 7) is 0. The van der Waals surface area contributed by atoms with Gasteiger partial charge in [0, 0.05) is 35.6 Å². The molecule has 0 amide bonds. The first-order valence-electron chi connectivity index (χ1n) is 8.74. The van der Waals surface area contributed by atoms with Crippen molar-refractivity contribution in [3.05, 3.63) is 85.2 Å². The molecular weight excluding hydrogens is 440 g/mol. The smallest absolute Gasteiger partial charge is 0.277 e. The topological polar surface area (TPSA) is 194 Å². The summed E-state index contributed by atoms with van der Waals surface area (Å²) < 4.78 is 0. The molecular formula is C18H14N8O5S. The molecule has 162 valence electrons. The molecule has 0 spiro atoms. The Morgan fingerprint density at radius 1 is 0.969 bits per heavy atom. The summed E-state index contributed by atoms with van der Waals surface area (Å²) in [5, 5.41) is 34.8. The lowest BCUT2D eigenvalue weighted by atomic mass is 10.2. The average molecular weight is 454 g/mol. The summed E-state index contributed by atoms with van der Waals surface area (Å²) >= 11 is 4.62. The van der Waals surface area contributed by atoms with Crippen LogP contribution in [0.15, 0.2) is 69.6 Å². The minimum Gasteiger partial charge on any atom is -0.373 e. The van der Waals surface area contributed by atoms with Crippen molar-refractivity contribution in [1.29, 1.82) is 0 Å². The second-order valence-electron chi connectivity index (χ2n) is 6.18. The van der Waals surface area contributed by atoms with Gasteiger partial charge in [0.05, 0.1) is 15.5 Å². The number of aromatic nitrogens is 1. The van der Waals surface area contributed by atoms with Crippen molar-refractivity contribution in [3.63, 3.8) is 0 Å². The van der Waals surface area contributed by atoms with E-state index in [4.69, 9.17) is 5.73 Å². The molecule has 13 nitrogen and oxygen atoms in total. The van der Waals surface area contributed by atoms with Gasteiger partial charge in [-0.3, -0.25) is 25.0 Å². The van der Waals surface area contributed by atoms with Gasteiger partial charge >= 0.3 is 0 Å². The number of nitrogens with one attached hydrogen (secondary N) is 3. The molecule has 1 heterocycles. The summed E-state index contributed by atoms with van der Waals surface area (Å²) in [5.41, 5.74) is 5.07. The van der Waals surface area contributed by atoms with Gasteiger partial charge in [0.1, 0.15) is 5.82 Å². The number of azo groups is 1. The second-order valence-corrected chi connectivity index (χ2v) is 6.59. The number of anilines is 4. The van der Waals surface area contributed by atoms with Crippen molar-refractivity contribution < 1.29 is 9.85 Å². The van der Waals surface area contributed by atoms with Crippen LogP contribution in [0.2, 0.25) is 0 Å². The average Bonchev–Trinajstić information content (AvgIpc) is 2.75. The largest absolute Gasteiger partial charge is 0.373 e. The molecule has 3 rings (SSSR count). The van der Waals surface area contributed by atoms with Gasteiger partial charge in [-0.2, -0.15) is 0 Å². The Bertz CT molecular complexity index is 1310. The van der Waals surface area contributed by atoms with Crippen LogP contribution in [0.25, 0.3) is 0 Å². The Morgan fingerprint density at radius 2 is 1.53 bits per heavy atom. The number of nitro groups is 2. The van der Waals surface area contributed by atoms with Gasteiger partial charge in [-0.15, -0.1) is 10.2 Å². The fourth-order valence-corrected chi connectivity index (χ4v) is 2.63. The van der Waals surface area contributed by atoms with Crippen LogP contribution in [0.3, 0.4) is 0 Å². The van der Waals surface area contributed by atoms with E-state index in [1.165, 1.54) is 42.5 Å². The standard InChI is InChI=1S/C18H14N8O5S/c19-18(32)24-23-15-9-14(20-10-3-1-5-12(7-10)25(28)29)16(22-17(15)27)21-11-4-2-6-13(8-11)26(30)31/h1-9,20H,(H2,19,32)(H2,21,22,27). The van der Waals surface area contributed by atoms with Crippen LogP contribution in [0.4, 0.5) is 39.9 Å². The number of thiocarbonyl (C=S) groups is 1. The van der Waals surface area contributed by atoms with Crippen LogP contribution in [-0.2, 0) is 0 Å².